The fourth-order valence-corrected chi connectivity index (χ4v) is 5.36. The van der Waals surface area contributed by atoms with Crippen LogP contribution in [0.1, 0.15) is 16.7 Å². The normalized spacial score (nSPS) is 14.8. The SMILES string of the molecule is Cc1ccc(-c2nc3s/c(=C4\C(=O)N(Cc5ccccc5Cl)c5ccccc54)c(=O)n3n2)cc1. The summed E-state index contributed by atoms with van der Waals surface area (Å²) in [5.74, 6) is 0.250. The van der Waals surface area contributed by atoms with Gasteiger partial charge in [0.15, 0.2) is 5.82 Å². The lowest BCUT2D eigenvalue weighted by Gasteiger charge is -2.17. The van der Waals surface area contributed by atoms with Crippen LogP contribution in [0.3, 0.4) is 0 Å². The van der Waals surface area contributed by atoms with Crippen LogP contribution in [-0.4, -0.2) is 20.5 Å². The summed E-state index contributed by atoms with van der Waals surface area (Å²) in [7, 11) is 0. The molecule has 3 heterocycles. The van der Waals surface area contributed by atoms with Crippen molar-refractivity contribution >= 4 is 45.1 Å². The molecule has 0 fully saturated rings. The number of halogens is 1. The summed E-state index contributed by atoms with van der Waals surface area (Å²) in [6.45, 7) is 2.32. The van der Waals surface area contributed by atoms with Crippen LogP contribution in [0, 0.1) is 6.92 Å². The van der Waals surface area contributed by atoms with Gasteiger partial charge in [0.05, 0.1) is 17.8 Å². The molecule has 0 aliphatic carbocycles. The zero-order valence-corrected chi connectivity index (χ0v) is 19.6. The molecule has 3 aromatic carbocycles. The Morgan fingerprint density at radius 3 is 2.44 bits per heavy atom. The van der Waals surface area contributed by atoms with Crippen molar-refractivity contribution in [3.63, 3.8) is 0 Å². The van der Waals surface area contributed by atoms with Crippen molar-refractivity contribution in [2.75, 3.05) is 4.90 Å². The van der Waals surface area contributed by atoms with E-state index in [1.165, 1.54) is 15.9 Å². The van der Waals surface area contributed by atoms with Gasteiger partial charge in [0.2, 0.25) is 4.96 Å². The van der Waals surface area contributed by atoms with E-state index in [0.717, 1.165) is 27.9 Å². The molecule has 6 nitrogen and oxygen atoms in total. The molecule has 2 aromatic heterocycles. The molecule has 0 saturated carbocycles. The summed E-state index contributed by atoms with van der Waals surface area (Å²) in [6.07, 6.45) is 0. The van der Waals surface area contributed by atoms with Gasteiger partial charge in [0.1, 0.15) is 4.53 Å². The van der Waals surface area contributed by atoms with Gasteiger partial charge in [-0.15, -0.1) is 5.10 Å². The second-order valence-corrected chi connectivity index (χ2v) is 9.49. The van der Waals surface area contributed by atoms with Gasteiger partial charge in [0.25, 0.3) is 11.5 Å². The molecule has 8 heteroatoms. The van der Waals surface area contributed by atoms with E-state index < -0.39 is 0 Å². The van der Waals surface area contributed by atoms with E-state index in [4.69, 9.17) is 11.6 Å². The lowest BCUT2D eigenvalue weighted by Crippen LogP contribution is -2.32. The molecule has 0 atom stereocenters. The standard InChI is InChI=1S/C26H17ClN4O2S/c1-15-10-12-16(13-11-15)23-28-26-31(29-23)25(33)22(34-26)21-18-7-3-5-9-20(18)30(24(21)32)14-17-6-2-4-8-19(17)27/h2-13H,14H2,1H3/b22-21-. The monoisotopic (exact) mass is 484 g/mol. The maximum atomic E-state index is 13.6. The molecular formula is C26H17ClN4O2S. The average molecular weight is 485 g/mol. The van der Waals surface area contributed by atoms with Crippen LogP contribution in [0.15, 0.2) is 77.6 Å². The van der Waals surface area contributed by atoms with E-state index in [1.54, 1.807) is 11.0 Å². The largest absolute Gasteiger partial charge is 0.303 e. The Labute approximate surface area is 203 Å². The molecule has 166 valence electrons. The van der Waals surface area contributed by atoms with Gasteiger partial charge >= 0.3 is 0 Å². The van der Waals surface area contributed by atoms with E-state index in [9.17, 15) is 9.59 Å². The molecule has 6 rings (SSSR count). The predicted molar refractivity (Wildman–Crippen MR) is 134 cm³/mol. The van der Waals surface area contributed by atoms with Crippen LogP contribution in [0.4, 0.5) is 5.69 Å². The number of aromatic nitrogens is 3. The number of hydrogen-bond acceptors (Lipinski definition) is 5. The Morgan fingerprint density at radius 2 is 1.68 bits per heavy atom. The summed E-state index contributed by atoms with van der Waals surface area (Å²) < 4.78 is 1.62. The number of rotatable bonds is 3. The number of para-hydroxylation sites is 1. The molecule has 0 bridgehead atoms. The topological polar surface area (TPSA) is 67.6 Å². The van der Waals surface area contributed by atoms with Crippen molar-refractivity contribution in [2.45, 2.75) is 13.5 Å². The van der Waals surface area contributed by atoms with Crippen LogP contribution in [0.25, 0.3) is 21.9 Å². The van der Waals surface area contributed by atoms with E-state index >= 15 is 0 Å². The molecule has 34 heavy (non-hydrogen) atoms. The van der Waals surface area contributed by atoms with E-state index in [1.807, 2.05) is 73.7 Å². The lowest BCUT2D eigenvalue weighted by molar-refractivity contribution is -0.113. The second kappa shape index (κ2) is 7.90. The van der Waals surface area contributed by atoms with Crippen molar-refractivity contribution in [2.24, 2.45) is 0 Å². The van der Waals surface area contributed by atoms with Crippen molar-refractivity contribution in [1.82, 2.24) is 14.6 Å². The number of carbonyl (C=O) groups excluding carboxylic acids is 1. The minimum absolute atomic E-state index is 0.235. The van der Waals surface area contributed by atoms with Gasteiger partial charge in [-0.1, -0.05) is 89.2 Å². The molecule has 0 radical (unpaired) electrons. The highest BCUT2D eigenvalue weighted by Gasteiger charge is 2.34. The number of carbonyl (C=O) groups is 1. The van der Waals surface area contributed by atoms with Crippen LogP contribution < -0.4 is 15.0 Å². The number of fused-ring (bicyclic) bond motifs is 2. The molecular weight excluding hydrogens is 468 g/mol. The Kier molecular flexibility index (Phi) is 4.83. The zero-order chi connectivity index (χ0) is 23.4. The first-order valence-electron chi connectivity index (χ1n) is 10.7. The second-order valence-electron chi connectivity index (χ2n) is 8.11. The summed E-state index contributed by atoms with van der Waals surface area (Å²) in [5, 5.41) is 5.02. The highest BCUT2D eigenvalue weighted by atomic mass is 35.5. The predicted octanol–water partition coefficient (Wildman–Crippen LogP) is 4.24. The Hall–Kier alpha value is -3.81. The first-order chi connectivity index (χ1) is 16.5. The zero-order valence-electron chi connectivity index (χ0n) is 18.0. The van der Waals surface area contributed by atoms with Crippen LogP contribution in [0.2, 0.25) is 5.02 Å². The number of thiazole rings is 1. The van der Waals surface area contributed by atoms with Gasteiger partial charge in [0, 0.05) is 16.1 Å². The minimum atomic E-state index is -0.344. The van der Waals surface area contributed by atoms with Crippen molar-refractivity contribution < 1.29 is 4.79 Å². The summed E-state index contributed by atoms with van der Waals surface area (Å²) >= 11 is 7.54. The molecule has 0 saturated heterocycles. The molecule has 0 N–H and O–H groups in total. The van der Waals surface area contributed by atoms with Gasteiger partial charge in [-0.2, -0.15) is 9.50 Å². The van der Waals surface area contributed by atoms with Crippen molar-refractivity contribution in [3.05, 3.63) is 109 Å². The smallest absolute Gasteiger partial charge is 0.291 e. The minimum Gasteiger partial charge on any atom is -0.303 e. The highest BCUT2D eigenvalue weighted by Crippen LogP contribution is 2.37. The number of benzene rings is 3. The van der Waals surface area contributed by atoms with Crippen molar-refractivity contribution in [1.29, 1.82) is 0 Å². The van der Waals surface area contributed by atoms with Crippen molar-refractivity contribution in [3.8, 4) is 11.4 Å². The molecule has 1 amide bonds. The first-order valence-corrected chi connectivity index (χ1v) is 11.9. The number of aryl methyl sites for hydroxylation is 1. The lowest BCUT2D eigenvalue weighted by atomic mass is 10.1. The van der Waals surface area contributed by atoms with E-state index in [-0.39, 0.29) is 11.5 Å². The summed E-state index contributed by atoms with van der Waals surface area (Å²) in [5.41, 5.74) is 4.31. The number of amides is 1. The van der Waals surface area contributed by atoms with Gasteiger partial charge in [-0.3, -0.25) is 9.59 Å². The highest BCUT2D eigenvalue weighted by molar-refractivity contribution is 7.15. The third-order valence-corrected chi connectivity index (χ3v) is 7.30. The Bertz CT molecular complexity index is 1710. The maximum Gasteiger partial charge on any atom is 0.291 e. The maximum absolute atomic E-state index is 13.6. The van der Waals surface area contributed by atoms with Gasteiger partial charge < -0.3 is 4.90 Å². The van der Waals surface area contributed by atoms with E-state index in [2.05, 4.69) is 10.1 Å². The van der Waals surface area contributed by atoms with Gasteiger partial charge in [-0.25, -0.2) is 0 Å². The summed E-state index contributed by atoms with van der Waals surface area (Å²) in [6, 6.07) is 22.7. The fourth-order valence-electron chi connectivity index (χ4n) is 4.16. The Morgan fingerprint density at radius 1 is 0.941 bits per heavy atom. The third kappa shape index (κ3) is 3.24. The number of nitrogens with zero attached hydrogens (tertiary/aromatic N) is 4. The van der Waals surface area contributed by atoms with Crippen LogP contribution >= 0.6 is 22.9 Å². The molecule has 5 aromatic rings. The van der Waals surface area contributed by atoms with E-state index in [0.29, 0.717) is 32.5 Å². The van der Waals surface area contributed by atoms with Gasteiger partial charge in [-0.05, 0) is 24.6 Å². The number of hydrogen-bond donors (Lipinski definition) is 0. The molecule has 0 unspecified atom stereocenters. The first kappa shape index (κ1) is 20.8. The average Bonchev–Trinajstić information content (AvgIpc) is 3.47. The summed E-state index contributed by atoms with van der Waals surface area (Å²) in [4.78, 5) is 33.6. The molecule has 1 aliphatic heterocycles. The number of anilines is 1. The Balaban J connectivity index is 1.50. The van der Waals surface area contributed by atoms with Crippen LogP contribution in [0.5, 0.6) is 0 Å². The molecule has 1 aliphatic rings. The quantitative estimate of drug-likeness (QED) is 0.384. The third-order valence-electron chi connectivity index (χ3n) is 5.90. The fraction of sp³-hybridized carbons (Fsp3) is 0.0769. The molecule has 0 spiro atoms. The van der Waals surface area contributed by atoms with Crippen LogP contribution in [-0.2, 0) is 11.3 Å².